The zero-order valence-corrected chi connectivity index (χ0v) is 13.3. The highest BCUT2D eigenvalue weighted by atomic mass is 79.9. The van der Waals surface area contributed by atoms with Gasteiger partial charge in [0.25, 0.3) is 0 Å². The number of fused-ring (bicyclic) bond motifs is 1. The highest BCUT2D eigenvalue weighted by Crippen LogP contribution is 2.23. The van der Waals surface area contributed by atoms with Crippen LogP contribution in [0.3, 0.4) is 0 Å². The van der Waals surface area contributed by atoms with Gasteiger partial charge >= 0.3 is 0 Å². The fourth-order valence-electron chi connectivity index (χ4n) is 2.75. The van der Waals surface area contributed by atoms with Crippen LogP contribution in [0.15, 0.2) is 34.9 Å². The molecular formula is C17H19BrN2. The number of aryl methyl sites for hydroxylation is 3. The number of aromatic nitrogens is 1. The number of rotatable bonds is 4. The molecule has 0 saturated carbocycles. The minimum atomic E-state index is 0.923. The Morgan fingerprint density at radius 2 is 2.05 bits per heavy atom. The van der Waals surface area contributed by atoms with Crippen LogP contribution >= 0.6 is 15.9 Å². The van der Waals surface area contributed by atoms with E-state index in [1.54, 1.807) is 11.1 Å². The third-order valence-electron chi connectivity index (χ3n) is 3.93. The Hall–Kier alpha value is -1.35. The number of nitrogens with zero attached hydrogens (tertiary/aromatic N) is 1. The SMILES string of the molecule is Cc1cc(NCCc2ccc3c(c2)CCC3)ncc1Br. The monoisotopic (exact) mass is 330 g/mol. The van der Waals surface area contributed by atoms with Crippen LogP contribution in [0.1, 0.15) is 28.7 Å². The van der Waals surface area contributed by atoms with Crippen molar-refractivity contribution in [1.29, 1.82) is 0 Å². The third kappa shape index (κ3) is 3.04. The summed E-state index contributed by atoms with van der Waals surface area (Å²) in [6, 6.07) is 9.03. The van der Waals surface area contributed by atoms with Gasteiger partial charge in [0.15, 0.2) is 0 Å². The van der Waals surface area contributed by atoms with Gasteiger partial charge in [-0.1, -0.05) is 18.2 Å². The van der Waals surface area contributed by atoms with Gasteiger partial charge in [-0.25, -0.2) is 4.98 Å². The molecule has 0 saturated heterocycles. The van der Waals surface area contributed by atoms with E-state index in [2.05, 4.69) is 57.4 Å². The first-order valence-corrected chi connectivity index (χ1v) is 7.98. The summed E-state index contributed by atoms with van der Waals surface area (Å²) in [5.74, 6) is 0.951. The summed E-state index contributed by atoms with van der Waals surface area (Å²) in [4.78, 5) is 4.37. The lowest BCUT2D eigenvalue weighted by Gasteiger charge is -2.08. The van der Waals surface area contributed by atoms with Gasteiger partial charge in [0.2, 0.25) is 0 Å². The second-order valence-corrected chi connectivity index (χ2v) is 6.31. The van der Waals surface area contributed by atoms with Crippen LogP contribution < -0.4 is 5.32 Å². The molecule has 0 radical (unpaired) electrons. The van der Waals surface area contributed by atoms with E-state index in [9.17, 15) is 0 Å². The topological polar surface area (TPSA) is 24.9 Å². The molecule has 1 aromatic carbocycles. The maximum Gasteiger partial charge on any atom is 0.126 e. The van der Waals surface area contributed by atoms with Crippen LogP contribution in [0, 0.1) is 6.92 Å². The second-order valence-electron chi connectivity index (χ2n) is 5.45. The van der Waals surface area contributed by atoms with Crippen LogP contribution in [-0.2, 0) is 19.3 Å². The molecule has 0 atom stereocenters. The molecule has 0 unspecified atom stereocenters. The summed E-state index contributed by atoms with van der Waals surface area (Å²) >= 11 is 3.47. The summed E-state index contributed by atoms with van der Waals surface area (Å²) in [5, 5.41) is 3.40. The molecule has 104 valence electrons. The molecular weight excluding hydrogens is 312 g/mol. The number of halogens is 1. The maximum atomic E-state index is 4.37. The highest BCUT2D eigenvalue weighted by molar-refractivity contribution is 9.10. The Labute approximate surface area is 128 Å². The van der Waals surface area contributed by atoms with Crippen LogP contribution in [-0.4, -0.2) is 11.5 Å². The van der Waals surface area contributed by atoms with E-state index in [0.29, 0.717) is 0 Å². The Balaban J connectivity index is 1.58. The second kappa shape index (κ2) is 5.96. The van der Waals surface area contributed by atoms with Crippen molar-refractivity contribution < 1.29 is 0 Å². The van der Waals surface area contributed by atoms with Crippen LogP contribution in [0.4, 0.5) is 5.82 Å². The molecule has 3 heteroatoms. The van der Waals surface area contributed by atoms with Crippen molar-refractivity contribution in [3.8, 4) is 0 Å². The standard InChI is InChI=1S/C17H19BrN2/c1-12-9-17(20-11-16(12)18)19-8-7-13-5-6-14-3-2-4-15(14)10-13/h5-6,9-11H,2-4,7-8H2,1H3,(H,19,20). The predicted octanol–water partition coefficient (Wildman–Crippen LogP) is 4.30. The predicted molar refractivity (Wildman–Crippen MR) is 87.3 cm³/mol. The molecule has 0 aliphatic heterocycles. The van der Waals surface area contributed by atoms with Gasteiger partial charge in [0.05, 0.1) is 0 Å². The molecule has 0 spiro atoms. The summed E-state index contributed by atoms with van der Waals surface area (Å²) in [5.41, 5.74) is 5.74. The van der Waals surface area contributed by atoms with E-state index < -0.39 is 0 Å². The summed E-state index contributed by atoms with van der Waals surface area (Å²) < 4.78 is 1.06. The Morgan fingerprint density at radius 3 is 2.90 bits per heavy atom. The molecule has 2 aromatic rings. The first-order chi connectivity index (χ1) is 9.72. The van der Waals surface area contributed by atoms with Crippen LogP contribution in [0.25, 0.3) is 0 Å². The lowest BCUT2D eigenvalue weighted by Crippen LogP contribution is -2.06. The Morgan fingerprint density at radius 1 is 1.20 bits per heavy atom. The van der Waals surface area contributed by atoms with Crippen molar-refractivity contribution >= 4 is 21.7 Å². The molecule has 1 aliphatic rings. The van der Waals surface area contributed by atoms with E-state index in [0.717, 1.165) is 23.3 Å². The van der Waals surface area contributed by atoms with Gasteiger partial charge < -0.3 is 5.32 Å². The largest absolute Gasteiger partial charge is 0.370 e. The molecule has 1 N–H and O–H groups in total. The number of hydrogen-bond donors (Lipinski definition) is 1. The average Bonchev–Trinajstić information content (AvgIpc) is 2.90. The molecule has 3 rings (SSSR count). The minimum absolute atomic E-state index is 0.923. The Kier molecular flexibility index (Phi) is 4.06. The summed E-state index contributed by atoms with van der Waals surface area (Å²) in [6.45, 7) is 3.00. The van der Waals surface area contributed by atoms with E-state index in [-0.39, 0.29) is 0 Å². The lowest BCUT2D eigenvalue weighted by molar-refractivity contribution is 0.911. The summed E-state index contributed by atoms with van der Waals surface area (Å²) in [6.07, 6.45) is 6.73. The number of hydrogen-bond acceptors (Lipinski definition) is 2. The van der Waals surface area contributed by atoms with E-state index in [1.807, 2.05) is 6.20 Å². The highest BCUT2D eigenvalue weighted by Gasteiger charge is 2.10. The zero-order valence-electron chi connectivity index (χ0n) is 11.7. The first-order valence-electron chi connectivity index (χ1n) is 7.19. The summed E-state index contributed by atoms with van der Waals surface area (Å²) in [7, 11) is 0. The smallest absolute Gasteiger partial charge is 0.126 e. The van der Waals surface area contributed by atoms with Crippen LogP contribution in [0.2, 0.25) is 0 Å². The molecule has 0 fully saturated rings. The quantitative estimate of drug-likeness (QED) is 0.904. The van der Waals surface area contributed by atoms with Gasteiger partial charge in [-0.3, -0.25) is 0 Å². The van der Waals surface area contributed by atoms with Gasteiger partial charge in [0.1, 0.15) is 5.82 Å². The molecule has 1 aromatic heterocycles. The Bertz CT molecular complexity index is 622. The van der Waals surface area contributed by atoms with Crippen molar-refractivity contribution in [3.63, 3.8) is 0 Å². The first kappa shape index (κ1) is 13.6. The number of anilines is 1. The molecule has 0 amide bonds. The van der Waals surface area contributed by atoms with Gasteiger partial charge in [-0.2, -0.15) is 0 Å². The van der Waals surface area contributed by atoms with Crippen molar-refractivity contribution in [2.75, 3.05) is 11.9 Å². The average molecular weight is 331 g/mol. The van der Waals surface area contributed by atoms with E-state index >= 15 is 0 Å². The number of nitrogens with one attached hydrogen (secondary N) is 1. The molecule has 2 nitrogen and oxygen atoms in total. The third-order valence-corrected chi connectivity index (χ3v) is 4.76. The number of pyridine rings is 1. The van der Waals surface area contributed by atoms with Crippen molar-refractivity contribution in [2.45, 2.75) is 32.6 Å². The van der Waals surface area contributed by atoms with Crippen molar-refractivity contribution in [1.82, 2.24) is 4.98 Å². The van der Waals surface area contributed by atoms with Gasteiger partial charge in [-0.15, -0.1) is 0 Å². The van der Waals surface area contributed by atoms with Crippen LogP contribution in [0.5, 0.6) is 0 Å². The van der Waals surface area contributed by atoms with Crippen molar-refractivity contribution in [3.05, 3.63) is 57.2 Å². The van der Waals surface area contributed by atoms with Gasteiger partial charge in [0, 0.05) is 17.2 Å². The number of benzene rings is 1. The molecule has 20 heavy (non-hydrogen) atoms. The molecule has 1 aliphatic carbocycles. The molecule has 0 bridgehead atoms. The maximum absolute atomic E-state index is 4.37. The fraction of sp³-hybridized carbons (Fsp3) is 0.353. The molecule has 1 heterocycles. The lowest BCUT2D eigenvalue weighted by atomic mass is 10.0. The van der Waals surface area contributed by atoms with E-state index in [1.165, 1.54) is 30.4 Å². The minimum Gasteiger partial charge on any atom is -0.370 e. The fourth-order valence-corrected chi connectivity index (χ4v) is 2.97. The normalized spacial score (nSPS) is 13.3. The van der Waals surface area contributed by atoms with Gasteiger partial charge in [-0.05, 0) is 76.9 Å². The zero-order chi connectivity index (χ0) is 13.9. The van der Waals surface area contributed by atoms with Crippen molar-refractivity contribution in [2.24, 2.45) is 0 Å². The van der Waals surface area contributed by atoms with E-state index in [4.69, 9.17) is 0 Å².